The monoisotopic (exact) mass is 403 g/mol. The number of ether oxygens (including phenoxy) is 4. The molecule has 3 rings (SSSR count). The van der Waals surface area contributed by atoms with Gasteiger partial charge in [0.15, 0.2) is 35.5 Å². The van der Waals surface area contributed by atoms with Gasteiger partial charge >= 0.3 is 5.97 Å². The van der Waals surface area contributed by atoms with Crippen molar-refractivity contribution in [2.24, 2.45) is 0 Å². The lowest BCUT2D eigenvalue weighted by molar-refractivity contribution is -0.385. The van der Waals surface area contributed by atoms with Gasteiger partial charge in [0.2, 0.25) is 6.79 Å². The normalized spacial score (nSPS) is 12.1. The predicted molar refractivity (Wildman–Crippen MR) is 96.5 cm³/mol. The van der Waals surface area contributed by atoms with Gasteiger partial charge in [0.25, 0.3) is 5.69 Å². The fourth-order valence-corrected chi connectivity index (χ4v) is 2.50. The van der Waals surface area contributed by atoms with E-state index < -0.39 is 29.1 Å². The number of hydrogen-bond acceptors (Lipinski definition) is 8. The molecule has 0 spiro atoms. The van der Waals surface area contributed by atoms with E-state index >= 15 is 0 Å². The number of ketones is 1. The molecule has 0 amide bonds. The maximum absolute atomic E-state index is 13.6. The Morgan fingerprint density at radius 2 is 1.97 bits per heavy atom. The summed E-state index contributed by atoms with van der Waals surface area (Å²) < 4.78 is 33.5. The van der Waals surface area contributed by atoms with Crippen LogP contribution >= 0.6 is 0 Å². The van der Waals surface area contributed by atoms with Gasteiger partial charge in [0.1, 0.15) is 0 Å². The molecule has 0 bridgehead atoms. The van der Waals surface area contributed by atoms with Crippen molar-refractivity contribution in [1.82, 2.24) is 0 Å². The first kappa shape index (κ1) is 19.8. The molecule has 0 aliphatic carbocycles. The fourth-order valence-electron chi connectivity index (χ4n) is 2.50. The van der Waals surface area contributed by atoms with Crippen LogP contribution in [0.25, 0.3) is 6.08 Å². The van der Waals surface area contributed by atoms with E-state index in [0.717, 1.165) is 12.1 Å². The highest BCUT2D eigenvalue weighted by atomic mass is 19.1. The first-order chi connectivity index (χ1) is 13.9. The molecule has 150 valence electrons. The first-order valence-electron chi connectivity index (χ1n) is 8.18. The molecule has 29 heavy (non-hydrogen) atoms. The Balaban J connectivity index is 1.65. The van der Waals surface area contributed by atoms with Crippen molar-refractivity contribution in [2.45, 2.75) is 0 Å². The molecule has 1 heterocycles. The highest BCUT2D eigenvalue weighted by Crippen LogP contribution is 2.38. The smallest absolute Gasteiger partial charge is 0.331 e. The summed E-state index contributed by atoms with van der Waals surface area (Å²) in [5, 5.41) is 11.2. The summed E-state index contributed by atoms with van der Waals surface area (Å²) in [6.45, 7) is -0.687. The van der Waals surface area contributed by atoms with Crippen molar-refractivity contribution in [2.75, 3.05) is 20.5 Å². The Hall–Kier alpha value is -3.95. The molecule has 0 saturated heterocycles. The molecule has 2 aromatic carbocycles. The molecule has 9 nitrogen and oxygen atoms in total. The number of hydrogen-bond donors (Lipinski definition) is 0. The third-order valence-corrected chi connectivity index (χ3v) is 3.94. The van der Waals surface area contributed by atoms with Crippen LogP contribution in [0.4, 0.5) is 10.1 Å². The zero-order valence-corrected chi connectivity index (χ0v) is 15.0. The SMILES string of the molecule is COc1ccc(C(=O)COC(=O)/C=C/c2cc3c(cc2[N+](=O)[O-])OCO3)cc1F. The number of benzene rings is 2. The van der Waals surface area contributed by atoms with Crippen molar-refractivity contribution < 1.29 is 37.9 Å². The van der Waals surface area contributed by atoms with Crippen LogP contribution < -0.4 is 14.2 Å². The molecule has 1 aliphatic rings. The van der Waals surface area contributed by atoms with E-state index in [4.69, 9.17) is 18.9 Å². The van der Waals surface area contributed by atoms with Crippen molar-refractivity contribution in [3.8, 4) is 17.2 Å². The summed E-state index contributed by atoms with van der Waals surface area (Å²) in [5.41, 5.74) is -0.186. The Kier molecular flexibility index (Phi) is 5.72. The first-order valence-corrected chi connectivity index (χ1v) is 8.18. The van der Waals surface area contributed by atoms with Gasteiger partial charge in [-0.15, -0.1) is 0 Å². The Morgan fingerprint density at radius 1 is 1.24 bits per heavy atom. The number of carbonyl (C=O) groups excluding carboxylic acids is 2. The third-order valence-electron chi connectivity index (χ3n) is 3.94. The predicted octanol–water partition coefficient (Wildman–Crippen LogP) is 2.91. The van der Waals surface area contributed by atoms with Crippen LogP contribution in [-0.2, 0) is 9.53 Å². The molecule has 0 fully saturated rings. The van der Waals surface area contributed by atoms with Gasteiger partial charge in [0.05, 0.1) is 23.7 Å². The van der Waals surface area contributed by atoms with Gasteiger partial charge in [-0.3, -0.25) is 14.9 Å². The van der Waals surface area contributed by atoms with Crippen LogP contribution in [0.3, 0.4) is 0 Å². The van der Waals surface area contributed by atoms with Gasteiger partial charge in [-0.05, 0) is 30.3 Å². The van der Waals surface area contributed by atoms with Crippen LogP contribution in [0, 0.1) is 15.9 Å². The molecular weight excluding hydrogens is 389 g/mol. The van der Waals surface area contributed by atoms with E-state index in [1.165, 1.54) is 37.5 Å². The largest absolute Gasteiger partial charge is 0.494 e. The number of halogens is 1. The van der Waals surface area contributed by atoms with Crippen molar-refractivity contribution in [3.05, 3.63) is 63.5 Å². The van der Waals surface area contributed by atoms with Crippen LogP contribution in [0.5, 0.6) is 17.2 Å². The lowest BCUT2D eigenvalue weighted by Crippen LogP contribution is -2.12. The number of methoxy groups -OCH3 is 1. The molecule has 0 radical (unpaired) electrons. The molecule has 0 saturated carbocycles. The molecule has 10 heteroatoms. The maximum Gasteiger partial charge on any atom is 0.331 e. The summed E-state index contributed by atoms with van der Waals surface area (Å²) in [6, 6.07) is 6.14. The van der Waals surface area contributed by atoms with E-state index in [1.807, 2.05) is 0 Å². The van der Waals surface area contributed by atoms with Gasteiger partial charge in [0, 0.05) is 11.6 Å². The number of Topliss-reactive ketones (excluding diaryl/α,β-unsaturated/α-hetero) is 1. The van der Waals surface area contributed by atoms with Crippen molar-refractivity contribution >= 4 is 23.5 Å². The number of fused-ring (bicyclic) bond motifs is 1. The van der Waals surface area contributed by atoms with Crippen molar-refractivity contribution in [1.29, 1.82) is 0 Å². The zero-order valence-electron chi connectivity index (χ0n) is 15.0. The summed E-state index contributed by atoms with van der Waals surface area (Å²) in [6.07, 6.45) is 2.10. The summed E-state index contributed by atoms with van der Waals surface area (Å²) in [5.74, 6) is -1.73. The van der Waals surface area contributed by atoms with Gasteiger partial charge < -0.3 is 18.9 Å². The van der Waals surface area contributed by atoms with Crippen molar-refractivity contribution in [3.63, 3.8) is 0 Å². The fraction of sp³-hybridized carbons (Fsp3) is 0.158. The summed E-state index contributed by atoms with van der Waals surface area (Å²) in [7, 11) is 1.29. The van der Waals surface area contributed by atoms with Crippen LogP contribution in [-0.4, -0.2) is 37.2 Å². The topological polar surface area (TPSA) is 114 Å². The third kappa shape index (κ3) is 4.49. The van der Waals surface area contributed by atoms with Gasteiger partial charge in [-0.1, -0.05) is 0 Å². The number of carbonyl (C=O) groups is 2. The second kappa shape index (κ2) is 8.38. The second-order valence-corrected chi connectivity index (χ2v) is 5.73. The lowest BCUT2D eigenvalue weighted by Gasteiger charge is -2.05. The summed E-state index contributed by atoms with van der Waals surface area (Å²) in [4.78, 5) is 34.4. The van der Waals surface area contributed by atoms with E-state index in [2.05, 4.69) is 0 Å². The standard InChI is InChI=1S/C19H14FNO8/c1-26-16-4-2-12(6-13(16)20)15(22)9-27-19(23)5-3-11-7-17-18(29-10-28-17)8-14(11)21(24)25/h2-8H,9-10H2,1H3/b5-3+. The lowest BCUT2D eigenvalue weighted by atomic mass is 10.1. The van der Waals surface area contributed by atoms with Gasteiger partial charge in [-0.25, -0.2) is 9.18 Å². The molecule has 1 aliphatic heterocycles. The number of rotatable bonds is 7. The second-order valence-electron chi connectivity index (χ2n) is 5.73. The summed E-state index contributed by atoms with van der Waals surface area (Å²) >= 11 is 0. The number of esters is 1. The number of nitrogens with zero attached hydrogens (tertiary/aromatic N) is 1. The Bertz CT molecular complexity index is 1020. The number of nitro groups is 1. The molecule has 2 aromatic rings. The quantitative estimate of drug-likeness (QED) is 0.228. The average molecular weight is 403 g/mol. The zero-order chi connectivity index (χ0) is 21.0. The van der Waals surface area contributed by atoms with E-state index in [0.29, 0.717) is 5.75 Å². The van der Waals surface area contributed by atoms with Crippen LogP contribution in [0.15, 0.2) is 36.4 Å². The van der Waals surface area contributed by atoms with Crippen LogP contribution in [0.2, 0.25) is 0 Å². The molecule has 0 aromatic heterocycles. The highest BCUT2D eigenvalue weighted by Gasteiger charge is 2.22. The van der Waals surface area contributed by atoms with Crippen LogP contribution in [0.1, 0.15) is 15.9 Å². The minimum absolute atomic E-state index is 0.00601. The average Bonchev–Trinajstić information content (AvgIpc) is 3.16. The van der Waals surface area contributed by atoms with E-state index in [-0.39, 0.29) is 35.1 Å². The Labute approximate surface area is 163 Å². The molecular formula is C19H14FNO8. The molecule has 0 unspecified atom stereocenters. The minimum atomic E-state index is -0.903. The highest BCUT2D eigenvalue weighted by molar-refractivity contribution is 5.99. The maximum atomic E-state index is 13.6. The van der Waals surface area contributed by atoms with E-state index in [9.17, 15) is 24.1 Å². The Morgan fingerprint density at radius 3 is 2.62 bits per heavy atom. The molecule has 0 N–H and O–H groups in total. The van der Waals surface area contributed by atoms with Gasteiger partial charge in [-0.2, -0.15) is 0 Å². The minimum Gasteiger partial charge on any atom is -0.494 e. The van der Waals surface area contributed by atoms with E-state index in [1.54, 1.807) is 0 Å². The number of nitro benzene ring substituents is 1. The molecule has 0 atom stereocenters.